The van der Waals surface area contributed by atoms with Gasteiger partial charge in [0.1, 0.15) is 6.07 Å². The van der Waals surface area contributed by atoms with E-state index in [0.29, 0.717) is 30.0 Å². The lowest BCUT2D eigenvalue weighted by atomic mass is 10.0. The van der Waals surface area contributed by atoms with Gasteiger partial charge in [-0.2, -0.15) is 18.4 Å². The van der Waals surface area contributed by atoms with Crippen molar-refractivity contribution in [1.82, 2.24) is 15.2 Å². The van der Waals surface area contributed by atoms with E-state index in [-0.39, 0.29) is 12.2 Å². The maximum atomic E-state index is 12.8. The highest BCUT2D eigenvalue weighted by Crippen LogP contribution is 2.32. The molecule has 0 radical (unpaired) electrons. The van der Waals surface area contributed by atoms with Gasteiger partial charge in [0.15, 0.2) is 11.5 Å². The second kappa shape index (κ2) is 5.50. The van der Waals surface area contributed by atoms with E-state index in [1.165, 1.54) is 0 Å². The van der Waals surface area contributed by atoms with Gasteiger partial charge < -0.3 is 4.90 Å². The standard InChI is InChI=1S/C15H12F3N5/c1-9-4-12(6-19)21-22-14(9)23-3-2-13-10(8-23)5-11(7-20-13)15(16,17)18/h4-5,7H,2-3,8H2,1H3. The smallest absolute Gasteiger partial charge is 0.350 e. The van der Waals surface area contributed by atoms with Gasteiger partial charge in [-0.25, -0.2) is 0 Å². The number of halogens is 3. The van der Waals surface area contributed by atoms with Gasteiger partial charge in [0.2, 0.25) is 0 Å². The molecule has 0 atom stereocenters. The van der Waals surface area contributed by atoms with Gasteiger partial charge in [0.05, 0.1) is 5.56 Å². The third kappa shape index (κ3) is 2.95. The average Bonchev–Trinajstić information content (AvgIpc) is 2.52. The van der Waals surface area contributed by atoms with Crippen molar-refractivity contribution in [2.45, 2.75) is 26.1 Å². The molecule has 2 aromatic heterocycles. The van der Waals surface area contributed by atoms with Crippen molar-refractivity contribution in [2.75, 3.05) is 11.4 Å². The van der Waals surface area contributed by atoms with E-state index in [2.05, 4.69) is 15.2 Å². The van der Waals surface area contributed by atoms with Crippen LogP contribution in [0.25, 0.3) is 0 Å². The molecule has 0 amide bonds. The molecular formula is C15H12F3N5. The molecule has 3 rings (SSSR count). The molecule has 0 bridgehead atoms. The monoisotopic (exact) mass is 319 g/mol. The van der Waals surface area contributed by atoms with Gasteiger partial charge in [0.25, 0.3) is 0 Å². The fraction of sp³-hybridized carbons (Fsp3) is 0.333. The van der Waals surface area contributed by atoms with E-state index in [9.17, 15) is 13.2 Å². The van der Waals surface area contributed by atoms with Gasteiger partial charge in [-0.15, -0.1) is 10.2 Å². The third-order valence-electron chi connectivity index (χ3n) is 3.74. The number of fused-ring (bicyclic) bond motifs is 1. The molecule has 0 aliphatic carbocycles. The van der Waals surface area contributed by atoms with Crippen LogP contribution in [0.2, 0.25) is 0 Å². The Hall–Kier alpha value is -2.69. The topological polar surface area (TPSA) is 65.7 Å². The third-order valence-corrected chi connectivity index (χ3v) is 3.74. The Morgan fingerprint density at radius 3 is 2.70 bits per heavy atom. The summed E-state index contributed by atoms with van der Waals surface area (Å²) in [6, 6.07) is 4.66. The number of aromatic nitrogens is 3. The Morgan fingerprint density at radius 1 is 1.26 bits per heavy atom. The van der Waals surface area contributed by atoms with Crippen molar-refractivity contribution in [3.05, 3.63) is 46.4 Å². The highest BCUT2D eigenvalue weighted by atomic mass is 19.4. The molecule has 0 unspecified atom stereocenters. The summed E-state index contributed by atoms with van der Waals surface area (Å²) in [5.41, 5.74) is 1.44. The summed E-state index contributed by atoms with van der Waals surface area (Å²) < 4.78 is 38.5. The number of alkyl halides is 3. The normalized spacial score (nSPS) is 14.3. The van der Waals surface area contributed by atoms with E-state index in [1.54, 1.807) is 13.0 Å². The highest BCUT2D eigenvalue weighted by molar-refractivity contribution is 5.49. The summed E-state index contributed by atoms with van der Waals surface area (Å²) in [5.74, 6) is 0.576. The van der Waals surface area contributed by atoms with Crippen molar-refractivity contribution in [3.8, 4) is 6.07 Å². The lowest BCUT2D eigenvalue weighted by Crippen LogP contribution is -2.32. The Bertz CT molecular complexity index is 795. The van der Waals surface area contributed by atoms with Crippen molar-refractivity contribution >= 4 is 5.82 Å². The van der Waals surface area contributed by atoms with Crippen LogP contribution < -0.4 is 4.90 Å². The number of nitriles is 1. The summed E-state index contributed by atoms with van der Waals surface area (Å²) >= 11 is 0. The van der Waals surface area contributed by atoms with Gasteiger partial charge in [-0.1, -0.05) is 0 Å². The van der Waals surface area contributed by atoms with Crippen LogP contribution in [0.5, 0.6) is 0 Å². The molecule has 2 aromatic rings. The number of pyridine rings is 1. The van der Waals surface area contributed by atoms with Crippen LogP contribution >= 0.6 is 0 Å². The number of hydrogen-bond donors (Lipinski definition) is 0. The van der Waals surface area contributed by atoms with Crippen LogP contribution in [0.15, 0.2) is 18.3 Å². The molecule has 0 N–H and O–H groups in total. The minimum atomic E-state index is -4.41. The fourth-order valence-electron chi connectivity index (χ4n) is 2.61. The first-order valence-electron chi connectivity index (χ1n) is 6.93. The van der Waals surface area contributed by atoms with E-state index in [1.807, 2.05) is 11.0 Å². The zero-order valence-electron chi connectivity index (χ0n) is 12.2. The average molecular weight is 319 g/mol. The fourth-order valence-corrected chi connectivity index (χ4v) is 2.61. The van der Waals surface area contributed by atoms with Crippen LogP contribution in [0.1, 0.15) is 28.1 Å². The maximum Gasteiger partial charge on any atom is 0.417 e. The molecule has 0 saturated heterocycles. The molecule has 23 heavy (non-hydrogen) atoms. The van der Waals surface area contributed by atoms with Crippen LogP contribution in [0.4, 0.5) is 19.0 Å². The maximum absolute atomic E-state index is 12.8. The predicted molar refractivity (Wildman–Crippen MR) is 75.5 cm³/mol. The Kier molecular flexibility index (Phi) is 3.64. The molecule has 0 saturated carbocycles. The van der Waals surface area contributed by atoms with E-state index in [0.717, 1.165) is 17.8 Å². The first-order valence-corrected chi connectivity index (χ1v) is 6.93. The number of aryl methyl sites for hydroxylation is 1. The Balaban J connectivity index is 1.92. The molecule has 5 nitrogen and oxygen atoms in total. The second-order valence-electron chi connectivity index (χ2n) is 5.35. The van der Waals surface area contributed by atoms with Crippen molar-refractivity contribution in [1.29, 1.82) is 5.26 Å². The molecule has 0 fully saturated rings. The zero-order chi connectivity index (χ0) is 16.6. The minimum absolute atomic E-state index is 0.213. The highest BCUT2D eigenvalue weighted by Gasteiger charge is 2.32. The summed E-state index contributed by atoms with van der Waals surface area (Å²) in [7, 11) is 0. The minimum Gasteiger partial charge on any atom is -0.350 e. The van der Waals surface area contributed by atoms with Gasteiger partial charge in [-0.05, 0) is 30.2 Å². The molecule has 3 heterocycles. The molecule has 1 aliphatic rings. The SMILES string of the molecule is Cc1cc(C#N)nnc1N1CCc2ncc(C(F)(F)F)cc2C1. The first kappa shape index (κ1) is 15.2. The van der Waals surface area contributed by atoms with E-state index < -0.39 is 11.7 Å². The molecule has 0 spiro atoms. The van der Waals surface area contributed by atoms with E-state index >= 15 is 0 Å². The van der Waals surface area contributed by atoms with Gasteiger partial charge >= 0.3 is 6.18 Å². The van der Waals surface area contributed by atoms with Gasteiger partial charge in [0, 0.05) is 31.4 Å². The number of anilines is 1. The lowest BCUT2D eigenvalue weighted by Gasteiger charge is -2.30. The zero-order valence-corrected chi connectivity index (χ0v) is 12.2. The Labute approximate surface area is 130 Å². The van der Waals surface area contributed by atoms with Crippen molar-refractivity contribution < 1.29 is 13.2 Å². The molecule has 1 aliphatic heterocycles. The predicted octanol–water partition coefficient (Wildman–Crippen LogP) is 2.63. The molecule has 118 valence electrons. The molecule has 0 aromatic carbocycles. The van der Waals surface area contributed by atoms with Crippen LogP contribution in [0.3, 0.4) is 0 Å². The Morgan fingerprint density at radius 2 is 2.04 bits per heavy atom. The van der Waals surface area contributed by atoms with Crippen LogP contribution in [0, 0.1) is 18.3 Å². The van der Waals surface area contributed by atoms with Gasteiger partial charge in [-0.3, -0.25) is 4.98 Å². The summed E-state index contributed by atoms with van der Waals surface area (Å²) in [4.78, 5) is 5.79. The second-order valence-corrected chi connectivity index (χ2v) is 5.35. The van der Waals surface area contributed by atoms with Crippen molar-refractivity contribution in [2.24, 2.45) is 0 Å². The van der Waals surface area contributed by atoms with E-state index in [4.69, 9.17) is 5.26 Å². The summed E-state index contributed by atoms with van der Waals surface area (Å²) in [5, 5.41) is 16.6. The number of hydrogen-bond acceptors (Lipinski definition) is 5. The quantitative estimate of drug-likeness (QED) is 0.808. The lowest BCUT2D eigenvalue weighted by molar-refractivity contribution is -0.137. The molecule has 8 heteroatoms. The first-order chi connectivity index (χ1) is 10.9. The molecular weight excluding hydrogens is 307 g/mol. The largest absolute Gasteiger partial charge is 0.417 e. The summed E-state index contributed by atoms with van der Waals surface area (Å²) in [6.07, 6.45) is -3.00. The summed E-state index contributed by atoms with van der Waals surface area (Å²) in [6.45, 7) is 2.67. The van der Waals surface area contributed by atoms with Crippen molar-refractivity contribution in [3.63, 3.8) is 0 Å². The number of rotatable bonds is 1. The number of nitrogens with zero attached hydrogens (tertiary/aromatic N) is 5. The van der Waals surface area contributed by atoms with Crippen LogP contribution in [-0.2, 0) is 19.1 Å². The van der Waals surface area contributed by atoms with Crippen LogP contribution in [-0.4, -0.2) is 21.7 Å².